The Kier molecular flexibility index (Phi) is 4.91. The van der Waals surface area contributed by atoms with Crippen LogP contribution in [0.1, 0.15) is 18.7 Å². The highest BCUT2D eigenvalue weighted by Gasteiger charge is 2.38. The molecule has 9 nitrogen and oxygen atoms in total. The number of hydrogen-bond donors (Lipinski definition) is 2. The molecule has 0 unspecified atom stereocenters. The Morgan fingerprint density at radius 2 is 1.96 bits per heavy atom. The maximum absolute atomic E-state index is 12.5. The van der Waals surface area contributed by atoms with Gasteiger partial charge in [0.15, 0.2) is 0 Å². The Morgan fingerprint density at radius 1 is 1.31 bits per heavy atom. The SMILES string of the molecule is O=C(O)NCC1CCN(c2ncc(-c3noc(C(F)(F)F)n3)cn2)CC1. The predicted octanol–water partition coefficient (Wildman–Crippen LogP) is 2.03. The Labute approximate surface area is 145 Å². The highest BCUT2D eigenvalue weighted by atomic mass is 19.4. The highest BCUT2D eigenvalue weighted by molar-refractivity contribution is 5.64. The van der Waals surface area contributed by atoms with E-state index in [0.29, 0.717) is 25.6 Å². The Morgan fingerprint density at radius 3 is 2.50 bits per heavy atom. The lowest BCUT2D eigenvalue weighted by atomic mass is 9.97. The van der Waals surface area contributed by atoms with Crippen molar-refractivity contribution in [3.63, 3.8) is 0 Å². The van der Waals surface area contributed by atoms with Gasteiger partial charge in [0.05, 0.1) is 5.56 Å². The van der Waals surface area contributed by atoms with Crippen LogP contribution in [0, 0.1) is 5.92 Å². The second-order valence-electron chi connectivity index (χ2n) is 5.81. The van der Waals surface area contributed by atoms with Crippen LogP contribution >= 0.6 is 0 Å². The van der Waals surface area contributed by atoms with E-state index in [0.717, 1.165) is 12.8 Å². The number of halogens is 3. The second kappa shape index (κ2) is 7.14. The number of nitrogens with zero attached hydrogens (tertiary/aromatic N) is 5. The van der Waals surface area contributed by atoms with Gasteiger partial charge in [-0.2, -0.15) is 18.2 Å². The molecule has 0 aromatic carbocycles. The molecule has 1 fully saturated rings. The van der Waals surface area contributed by atoms with Crippen molar-refractivity contribution in [2.45, 2.75) is 19.0 Å². The van der Waals surface area contributed by atoms with E-state index in [4.69, 9.17) is 5.11 Å². The van der Waals surface area contributed by atoms with Gasteiger partial charge in [0, 0.05) is 32.0 Å². The molecule has 2 aromatic heterocycles. The summed E-state index contributed by atoms with van der Waals surface area (Å²) in [6, 6.07) is 0. The number of hydrogen-bond acceptors (Lipinski definition) is 7. The molecule has 0 saturated carbocycles. The first-order valence-corrected chi connectivity index (χ1v) is 7.78. The molecule has 0 atom stereocenters. The first-order chi connectivity index (χ1) is 12.3. The van der Waals surface area contributed by atoms with Gasteiger partial charge in [0.1, 0.15) is 0 Å². The van der Waals surface area contributed by atoms with Gasteiger partial charge >= 0.3 is 18.2 Å². The van der Waals surface area contributed by atoms with E-state index in [1.165, 1.54) is 12.4 Å². The highest BCUT2D eigenvalue weighted by Crippen LogP contribution is 2.29. The molecule has 0 spiro atoms. The smallest absolute Gasteiger partial charge is 0.465 e. The van der Waals surface area contributed by atoms with E-state index in [2.05, 4.69) is 29.9 Å². The zero-order valence-electron chi connectivity index (χ0n) is 13.4. The number of rotatable bonds is 4. The molecule has 2 aromatic rings. The van der Waals surface area contributed by atoms with Crippen LogP contribution in [0.25, 0.3) is 11.4 Å². The third kappa shape index (κ3) is 4.18. The summed E-state index contributed by atoms with van der Waals surface area (Å²) in [5.74, 6) is -0.962. The topological polar surface area (TPSA) is 117 Å². The summed E-state index contributed by atoms with van der Waals surface area (Å²) < 4.78 is 41.6. The number of aromatic nitrogens is 4. The van der Waals surface area contributed by atoms with E-state index < -0.39 is 18.2 Å². The van der Waals surface area contributed by atoms with Crippen LogP contribution in [0.3, 0.4) is 0 Å². The van der Waals surface area contributed by atoms with Crippen molar-refractivity contribution >= 4 is 12.0 Å². The Hall–Kier alpha value is -2.92. The minimum absolute atomic E-state index is 0.216. The number of carboxylic acid groups (broad SMARTS) is 1. The fraction of sp³-hybridized carbons (Fsp3) is 0.500. The van der Waals surface area contributed by atoms with Crippen molar-refractivity contribution < 1.29 is 27.6 Å². The molecule has 2 N–H and O–H groups in total. The van der Waals surface area contributed by atoms with Gasteiger partial charge in [-0.3, -0.25) is 0 Å². The molecule has 0 aliphatic carbocycles. The molecule has 1 aliphatic heterocycles. The van der Waals surface area contributed by atoms with Crippen LogP contribution in [0.5, 0.6) is 0 Å². The van der Waals surface area contributed by atoms with Crippen LogP contribution < -0.4 is 10.2 Å². The number of anilines is 1. The van der Waals surface area contributed by atoms with E-state index in [1.54, 1.807) is 0 Å². The van der Waals surface area contributed by atoms with Crippen molar-refractivity contribution in [2.24, 2.45) is 5.92 Å². The molecule has 0 radical (unpaired) electrons. The van der Waals surface area contributed by atoms with Crippen molar-refractivity contribution in [1.82, 2.24) is 25.4 Å². The van der Waals surface area contributed by atoms with E-state index >= 15 is 0 Å². The lowest BCUT2D eigenvalue weighted by Gasteiger charge is -2.31. The molecule has 26 heavy (non-hydrogen) atoms. The van der Waals surface area contributed by atoms with Crippen molar-refractivity contribution in [2.75, 3.05) is 24.5 Å². The molecule has 0 bridgehead atoms. The standard InChI is InChI=1S/C14H15F3N6O3/c15-14(16,17)11-21-10(22-26-11)9-6-18-12(19-7-9)23-3-1-8(2-4-23)5-20-13(24)25/h6-8,20H,1-5H2,(H,24,25). The minimum Gasteiger partial charge on any atom is -0.465 e. The first-order valence-electron chi connectivity index (χ1n) is 7.78. The van der Waals surface area contributed by atoms with E-state index in [9.17, 15) is 18.0 Å². The summed E-state index contributed by atoms with van der Waals surface area (Å²) in [5, 5.41) is 14.3. The predicted molar refractivity (Wildman–Crippen MR) is 81.3 cm³/mol. The molecule has 1 saturated heterocycles. The maximum atomic E-state index is 12.5. The normalized spacial score (nSPS) is 15.9. The van der Waals surface area contributed by atoms with Crippen LogP contribution in [-0.4, -0.2) is 50.9 Å². The monoisotopic (exact) mass is 372 g/mol. The molecular weight excluding hydrogens is 357 g/mol. The quantitative estimate of drug-likeness (QED) is 0.837. The van der Waals surface area contributed by atoms with E-state index in [1.807, 2.05) is 4.90 Å². The van der Waals surface area contributed by atoms with E-state index in [-0.39, 0.29) is 17.3 Å². The summed E-state index contributed by atoms with van der Waals surface area (Å²) in [7, 11) is 0. The number of piperidine rings is 1. The number of carbonyl (C=O) groups is 1. The zero-order valence-corrected chi connectivity index (χ0v) is 13.4. The fourth-order valence-electron chi connectivity index (χ4n) is 2.62. The van der Waals surface area contributed by atoms with Crippen molar-refractivity contribution in [3.05, 3.63) is 18.3 Å². The van der Waals surface area contributed by atoms with Gasteiger partial charge in [0.25, 0.3) is 0 Å². The molecule has 1 aliphatic rings. The van der Waals surface area contributed by atoms with Gasteiger partial charge in [-0.15, -0.1) is 0 Å². The van der Waals surface area contributed by atoms with Crippen LogP contribution in [0.2, 0.25) is 0 Å². The summed E-state index contributed by atoms with van der Waals surface area (Å²) in [6.07, 6.45) is -1.50. The zero-order chi connectivity index (χ0) is 18.7. The van der Waals surface area contributed by atoms with Gasteiger partial charge in [-0.05, 0) is 18.8 Å². The summed E-state index contributed by atoms with van der Waals surface area (Å²) in [5.41, 5.74) is 0.216. The molecular formula is C14H15F3N6O3. The average Bonchev–Trinajstić information content (AvgIpc) is 3.11. The van der Waals surface area contributed by atoms with Crippen LogP contribution in [0.4, 0.5) is 23.9 Å². The largest absolute Gasteiger partial charge is 0.471 e. The van der Waals surface area contributed by atoms with Gasteiger partial charge in [-0.1, -0.05) is 5.16 Å². The third-order valence-corrected chi connectivity index (χ3v) is 4.00. The summed E-state index contributed by atoms with van der Waals surface area (Å²) in [6.45, 7) is 1.72. The van der Waals surface area contributed by atoms with Gasteiger partial charge < -0.3 is 19.8 Å². The summed E-state index contributed by atoms with van der Waals surface area (Å²) in [4.78, 5) is 24.0. The maximum Gasteiger partial charge on any atom is 0.471 e. The second-order valence-corrected chi connectivity index (χ2v) is 5.81. The fourth-order valence-corrected chi connectivity index (χ4v) is 2.62. The molecule has 3 rings (SSSR count). The Balaban J connectivity index is 1.60. The molecule has 3 heterocycles. The number of nitrogens with one attached hydrogen (secondary N) is 1. The lowest BCUT2D eigenvalue weighted by Crippen LogP contribution is -2.39. The average molecular weight is 372 g/mol. The van der Waals surface area contributed by atoms with Crippen molar-refractivity contribution in [1.29, 1.82) is 0 Å². The Bertz CT molecular complexity index is 756. The molecule has 1 amide bonds. The molecule has 12 heteroatoms. The molecule has 140 valence electrons. The first kappa shape index (κ1) is 17.9. The summed E-state index contributed by atoms with van der Waals surface area (Å²) >= 11 is 0. The number of amides is 1. The van der Waals surface area contributed by atoms with Crippen LogP contribution in [-0.2, 0) is 6.18 Å². The van der Waals surface area contributed by atoms with Gasteiger partial charge in [-0.25, -0.2) is 14.8 Å². The minimum atomic E-state index is -4.70. The van der Waals surface area contributed by atoms with Crippen molar-refractivity contribution in [3.8, 4) is 11.4 Å². The van der Waals surface area contributed by atoms with Gasteiger partial charge in [0.2, 0.25) is 11.8 Å². The van der Waals surface area contributed by atoms with Crippen LogP contribution in [0.15, 0.2) is 16.9 Å². The third-order valence-electron chi connectivity index (χ3n) is 4.00. The lowest BCUT2D eigenvalue weighted by molar-refractivity contribution is -0.159. The number of alkyl halides is 3.